The van der Waals surface area contributed by atoms with Crippen LogP contribution in [0.3, 0.4) is 0 Å². The Morgan fingerprint density at radius 3 is 2.84 bits per heavy atom. The van der Waals surface area contributed by atoms with Crippen molar-refractivity contribution in [2.45, 2.75) is 44.7 Å². The van der Waals surface area contributed by atoms with Crippen molar-refractivity contribution in [1.82, 2.24) is 10.0 Å². The van der Waals surface area contributed by atoms with Crippen molar-refractivity contribution in [3.8, 4) is 0 Å². The van der Waals surface area contributed by atoms with Gasteiger partial charge in [-0.1, -0.05) is 19.4 Å². The molecule has 0 aliphatic heterocycles. The Morgan fingerprint density at radius 2 is 2.26 bits per heavy atom. The lowest BCUT2D eigenvalue weighted by Crippen LogP contribution is -2.34. The van der Waals surface area contributed by atoms with Crippen molar-refractivity contribution < 1.29 is 8.42 Å². The normalized spacial score (nSPS) is 17.5. The lowest BCUT2D eigenvalue weighted by Gasteiger charge is -2.17. The minimum atomic E-state index is -3.20. The first kappa shape index (κ1) is 15.0. The van der Waals surface area contributed by atoms with Gasteiger partial charge in [0.15, 0.2) is 0 Å². The maximum atomic E-state index is 12.1. The molecule has 0 bridgehead atoms. The van der Waals surface area contributed by atoms with E-state index in [9.17, 15) is 8.42 Å². The fraction of sp³-hybridized carbons (Fsp3) is 0.692. The molecule has 1 aromatic rings. The SMILES string of the molecule is CCCC(NS(=O)(=O)CCNC1CC1)c1cccs1. The summed E-state index contributed by atoms with van der Waals surface area (Å²) in [6, 6.07) is 4.44. The van der Waals surface area contributed by atoms with Gasteiger partial charge in [0.25, 0.3) is 0 Å². The zero-order chi connectivity index (χ0) is 13.7. The Kier molecular flexibility index (Phi) is 5.38. The van der Waals surface area contributed by atoms with Gasteiger partial charge in [0.1, 0.15) is 0 Å². The molecule has 6 heteroatoms. The van der Waals surface area contributed by atoms with Crippen LogP contribution in [0, 0.1) is 0 Å². The molecule has 108 valence electrons. The average Bonchev–Trinajstić information content (AvgIpc) is 3.01. The second kappa shape index (κ2) is 6.83. The number of hydrogen-bond donors (Lipinski definition) is 2. The molecule has 0 saturated heterocycles. The second-order valence-electron chi connectivity index (χ2n) is 5.02. The first-order valence-electron chi connectivity index (χ1n) is 6.87. The van der Waals surface area contributed by atoms with E-state index < -0.39 is 10.0 Å². The summed E-state index contributed by atoms with van der Waals surface area (Å²) in [5, 5.41) is 5.22. The summed E-state index contributed by atoms with van der Waals surface area (Å²) >= 11 is 1.61. The number of sulfonamides is 1. The number of nitrogens with one attached hydrogen (secondary N) is 2. The van der Waals surface area contributed by atoms with Crippen molar-refractivity contribution >= 4 is 21.4 Å². The summed E-state index contributed by atoms with van der Waals surface area (Å²) in [6.07, 6.45) is 4.17. The van der Waals surface area contributed by atoms with Gasteiger partial charge in [0.05, 0.1) is 11.8 Å². The highest BCUT2D eigenvalue weighted by Crippen LogP contribution is 2.24. The molecule has 1 aromatic heterocycles. The fourth-order valence-corrected chi connectivity index (χ4v) is 4.07. The fourth-order valence-electron chi connectivity index (χ4n) is 2.00. The van der Waals surface area contributed by atoms with Crippen LogP contribution in [-0.2, 0) is 10.0 Å². The highest BCUT2D eigenvalue weighted by Gasteiger charge is 2.23. The number of rotatable bonds is 9. The Hall–Kier alpha value is -0.430. The molecule has 19 heavy (non-hydrogen) atoms. The van der Waals surface area contributed by atoms with Crippen molar-refractivity contribution in [2.24, 2.45) is 0 Å². The monoisotopic (exact) mass is 302 g/mol. The van der Waals surface area contributed by atoms with Gasteiger partial charge < -0.3 is 5.32 Å². The van der Waals surface area contributed by atoms with Gasteiger partial charge in [-0.25, -0.2) is 13.1 Å². The third-order valence-electron chi connectivity index (χ3n) is 3.17. The summed E-state index contributed by atoms with van der Waals surface area (Å²) < 4.78 is 27.0. The molecule has 1 aliphatic carbocycles. The molecular formula is C13H22N2O2S2. The average molecular weight is 302 g/mol. The smallest absolute Gasteiger partial charge is 0.213 e. The van der Waals surface area contributed by atoms with Crippen LogP contribution < -0.4 is 10.0 Å². The van der Waals surface area contributed by atoms with E-state index in [1.807, 2.05) is 17.5 Å². The van der Waals surface area contributed by atoms with E-state index in [2.05, 4.69) is 17.0 Å². The van der Waals surface area contributed by atoms with Crippen molar-refractivity contribution in [3.05, 3.63) is 22.4 Å². The van der Waals surface area contributed by atoms with E-state index in [1.54, 1.807) is 11.3 Å². The molecule has 1 heterocycles. The zero-order valence-electron chi connectivity index (χ0n) is 11.3. The van der Waals surface area contributed by atoms with Crippen LogP contribution in [0.15, 0.2) is 17.5 Å². The molecule has 1 unspecified atom stereocenters. The van der Waals surface area contributed by atoms with Crippen LogP contribution in [0.5, 0.6) is 0 Å². The molecule has 0 radical (unpaired) electrons. The van der Waals surface area contributed by atoms with Gasteiger partial charge in [0.2, 0.25) is 10.0 Å². The van der Waals surface area contributed by atoms with E-state index in [4.69, 9.17) is 0 Å². The van der Waals surface area contributed by atoms with Gasteiger partial charge in [-0.2, -0.15) is 0 Å². The quantitative estimate of drug-likeness (QED) is 0.735. The minimum Gasteiger partial charge on any atom is -0.313 e. The highest BCUT2D eigenvalue weighted by molar-refractivity contribution is 7.89. The van der Waals surface area contributed by atoms with Gasteiger partial charge in [-0.15, -0.1) is 11.3 Å². The van der Waals surface area contributed by atoms with Gasteiger partial charge in [-0.3, -0.25) is 0 Å². The number of thiophene rings is 1. The molecule has 2 N–H and O–H groups in total. The molecule has 4 nitrogen and oxygen atoms in total. The van der Waals surface area contributed by atoms with Gasteiger partial charge >= 0.3 is 0 Å². The van der Waals surface area contributed by atoms with E-state index in [1.165, 1.54) is 12.8 Å². The first-order valence-corrected chi connectivity index (χ1v) is 9.40. The maximum absolute atomic E-state index is 12.1. The maximum Gasteiger partial charge on any atom is 0.213 e. The molecule has 1 atom stereocenters. The Labute approximate surface area is 119 Å². The second-order valence-corrected chi connectivity index (χ2v) is 7.87. The van der Waals surface area contributed by atoms with Crippen LogP contribution in [0.1, 0.15) is 43.5 Å². The molecule has 0 amide bonds. The van der Waals surface area contributed by atoms with E-state index in [0.29, 0.717) is 12.6 Å². The third kappa shape index (κ3) is 5.22. The van der Waals surface area contributed by atoms with E-state index in [0.717, 1.165) is 17.7 Å². The van der Waals surface area contributed by atoms with Crippen molar-refractivity contribution in [3.63, 3.8) is 0 Å². The number of hydrogen-bond acceptors (Lipinski definition) is 4. The topological polar surface area (TPSA) is 58.2 Å². The molecule has 1 saturated carbocycles. The molecule has 1 aliphatic rings. The lowest BCUT2D eigenvalue weighted by atomic mass is 10.1. The van der Waals surface area contributed by atoms with Crippen LogP contribution in [0.4, 0.5) is 0 Å². The molecule has 1 fully saturated rings. The summed E-state index contributed by atoms with van der Waals surface area (Å²) in [5.41, 5.74) is 0. The third-order valence-corrected chi connectivity index (χ3v) is 5.54. The summed E-state index contributed by atoms with van der Waals surface area (Å²) in [7, 11) is -3.20. The highest BCUT2D eigenvalue weighted by atomic mass is 32.2. The van der Waals surface area contributed by atoms with Crippen LogP contribution in [0.2, 0.25) is 0 Å². The van der Waals surface area contributed by atoms with Gasteiger partial charge in [-0.05, 0) is 30.7 Å². The zero-order valence-corrected chi connectivity index (χ0v) is 12.9. The predicted octanol–water partition coefficient (Wildman–Crippen LogP) is 2.26. The Morgan fingerprint density at radius 1 is 1.47 bits per heavy atom. The minimum absolute atomic E-state index is 0.0732. The molecule has 0 spiro atoms. The van der Waals surface area contributed by atoms with Gasteiger partial charge in [0, 0.05) is 17.5 Å². The summed E-state index contributed by atoms with van der Waals surface area (Å²) in [5.74, 6) is 0.162. The molecule has 2 rings (SSSR count). The largest absolute Gasteiger partial charge is 0.313 e. The standard InChI is InChI=1S/C13H22N2O2S2/c1-2-4-12(13-5-3-9-18-13)15-19(16,17)10-8-14-11-6-7-11/h3,5,9,11-12,14-15H,2,4,6-8,10H2,1H3. The summed E-state index contributed by atoms with van der Waals surface area (Å²) in [6.45, 7) is 2.62. The van der Waals surface area contributed by atoms with Crippen molar-refractivity contribution in [2.75, 3.05) is 12.3 Å². The molecule has 0 aromatic carbocycles. The predicted molar refractivity (Wildman–Crippen MR) is 79.9 cm³/mol. The Bertz CT molecular complexity index is 467. The van der Waals surface area contributed by atoms with Crippen LogP contribution >= 0.6 is 11.3 Å². The molecular weight excluding hydrogens is 280 g/mol. The summed E-state index contributed by atoms with van der Waals surface area (Å²) in [4.78, 5) is 1.10. The van der Waals surface area contributed by atoms with Crippen LogP contribution in [0.25, 0.3) is 0 Å². The van der Waals surface area contributed by atoms with Crippen LogP contribution in [-0.4, -0.2) is 26.8 Å². The van der Waals surface area contributed by atoms with E-state index in [-0.39, 0.29) is 11.8 Å². The lowest BCUT2D eigenvalue weighted by molar-refractivity contribution is 0.537. The van der Waals surface area contributed by atoms with E-state index >= 15 is 0 Å². The first-order chi connectivity index (χ1) is 9.11. The Balaban J connectivity index is 1.87. The van der Waals surface area contributed by atoms with Crippen molar-refractivity contribution in [1.29, 1.82) is 0 Å².